The first kappa shape index (κ1) is 11.4. The molecule has 1 rings (SSSR count). The molecule has 0 atom stereocenters. The highest BCUT2D eigenvalue weighted by molar-refractivity contribution is 7.98. The van der Waals surface area contributed by atoms with Crippen LogP contribution in [0, 0.1) is 6.92 Å². The molecule has 0 bridgehead atoms. The lowest BCUT2D eigenvalue weighted by Crippen LogP contribution is -2.29. The average Bonchev–Trinajstić information content (AvgIpc) is 2.07. The van der Waals surface area contributed by atoms with Crippen LogP contribution < -0.4 is 5.73 Å². The number of aromatic hydroxyl groups is 1. The van der Waals surface area contributed by atoms with Crippen molar-refractivity contribution in [3.63, 3.8) is 0 Å². The molecular formula is C11H17NOS. The van der Waals surface area contributed by atoms with Crippen molar-refractivity contribution in [3.8, 4) is 5.75 Å². The van der Waals surface area contributed by atoms with Gasteiger partial charge in [0.2, 0.25) is 0 Å². The normalized spacial score (nSPS) is 11.8. The molecule has 0 aliphatic rings. The fourth-order valence-electron chi connectivity index (χ4n) is 1.47. The molecule has 0 saturated carbocycles. The van der Waals surface area contributed by atoms with Crippen LogP contribution in [0.2, 0.25) is 0 Å². The van der Waals surface area contributed by atoms with Crippen LogP contribution in [0.15, 0.2) is 17.0 Å². The summed E-state index contributed by atoms with van der Waals surface area (Å²) in [7, 11) is 0. The minimum absolute atomic E-state index is 0.323. The molecular weight excluding hydrogens is 194 g/mol. The molecule has 3 heteroatoms. The van der Waals surface area contributed by atoms with E-state index in [0.29, 0.717) is 5.75 Å². The lowest BCUT2D eigenvalue weighted by atomic mass is 9.93. The molecule has 1 aromatic rings. The molecule has 0 heterocycles. The van der Waals surface area contributed by atoms with Crippen LogP contribution in [0.5, 0.6) is 5.75 Å². The largest absolute Gasteiger partial charge is 0.507 e. The number of thioether (sulfide) groups is 1. The van der Waals surface area contributed by atoms with Gasteiger partial charge in [0.15, 0.2) is 0 Å². The van der Waals surface area contributed by atoms with Crippen LogP contribution in [0.25, 0.3) is 0 Å². The van der Waals surface area contributed by atoms with Gasteiger partial charge < -0.3 is 10.8 Å². The van der Waals surface area contributed by atoms with Crippen molar-refractivity contribution < 1.29 is 5.11 Å². The van der Waals surface area contributed by atoms with Gasteiger partial charge in [0, 0.05) is 16.0 Å². The first-order valence-electron chi connectivity index (χ1n) is 4.54. The Balaban J connectivity index is 3.44. The molecule has 0 radical (unpaired) electrons. The van der Waals surface area contributed by atoms with E-state index in [9.17, 15) is 5.11 Å². The van der Waals surface area contributed by atoms with Crippen LogP contribution in [0.4, 0.5) is 0 Å². The number of aryl methyl sites for hydroxylation is 1. The van der Waals surface area contributed by atoms with Crippen LogP contribution >= 0.6 is 11.8 Å². The summed E-state index contributed by atoms with van der Waals surface area (Å²) < 4.78 is 0. The minimum Gasteiger partial charge on any atom is -0.507 e. The molecule has 0 aliphatic carbocycles. The van der Waals surface area contributed by atoms with E-state index in [1.807, 2.05) is 39.2 Å². The lowest BCUT2D eigenvalue weighted by molar-refractivity contribution is 0.431. The average molecular weight is 211 g/mol. The Morgan fingerprint density at radius 2 is 1.93 bits per heavy atom. The van der Waals surface area contributed by atoms with E-state index in [-0.39, 0.29) is 0 Å². The molecule has 2 nitrogen and oxygen atoms in total. The van der Waals surface area contributed by atoms with Gasteiger partial charge in [-0.15, -0.1) is 11.8 Å². The Labute approximate surface area is 89.5 Å². The number of benzene rings is 1. The Morgan fingerprint density at radius 1 is 1.36 bits per heavy atom. The Hall–Kier alpha value is -0.670. The SMILES string of the molecule is CSc1ccc(C)c(O)c1C(C)(C)N. The first-order chi connectivity index (χ1) is 6.38. The van der Waals surface area contributed by atoms with Crippen LogP contribution in [-0.2, 0) is 5.54 Å². The van der Waals surface area contributed by atoms with Gasteiger partial charge in [0.1, 0.15) is 5.75 Å². The first-order valence-corrected chi connectivity index (χ1v) is 5.76. The number of phenolic OH excluding ortho intramolecular Hbond substituents is 1. The second-order valence-corrected chi connectivity index (χ2v) is 4.88. The second kappa shape index (κ2) is 3.83. The monoisotopic (exact) mass is 211 g/mol. The maximum absolute atomic E-state index is 9.95. The molecule has 0 aromatic heterocycles. The zero-order valence-corrected chi connectivity index (χ0v) is 9.90. The lowest BCUT2D eigenvalue weighted by Gasteiger charge is -2.24. The third kappa shape index (κ3) is 2.04. The smallest absolute Gasteiger partial charge is 0.124 e. The van der Waals surface area contributed by atoms with Crippen molar-refractivity contribution in [1.82, 2.24) is 0 Å². The molecule has 0 unspecified atom stereocenters. The summed E-state index contributed by atoms with van der Waals surface area (Å²) in [5.74, 6) is 0.323. The zero-order valence-electron chi connectivity index (χ0n) is 9.09. The zero-order chi connectivity index (χ0) is 10.9. The molecule has 1 aromatic carbocycles. The number of rotatable bonds is 2. The summed E-state index contributed by atoms with van der Waals surface area (Å²) >= 11 is 1.61. The summed E-state index contributed by atoms with van der Waals surface area (Å²) in [6.45, 7) is 5.69. The van der Waals surface area contributed by atoms with E-state index in [2.05, 4.69) is 0 Å². The van der Waals surface area contributed by atoms with E-state index in [4.69, 9.17) is 5.73 Å². The van der Waals surface area contributed by atoms with E-state index in [0.717, 1.165) is 16.0 Å². The van der Waals surface area contributed by atoms with E-state index in [1.165, 1.54) is 0 Å². The summed E-state index contributed by atoms with van der Waals surface area (Å²) in [6, 6.07) is 3.92. The molecule has 0 fully saturated rings. The van der Waals surface area contributed by atoms with Crippen LogP contribution in [-0.4, -0.2) is 11.4 Å². The van der Waals surface area contributed by atoms with Crippen molar-refractivity contribution >= 4 is 11.8 Å². The van der Waals surface area contributed by atoms with Gasteiger partial charge in [0.05, 0.1) is 0 Å². The third-order valence-electron chi connectivity index (χ3n) is 2.21. The van der Waals surface area contributed by atoms with Gasteiger partial charge >= 0.3 is 0 Å². The molecule has 78 valence electrons. The summed E-state index contributed by atoms with van der Waals surface area (Å²) in [5.41, 5.74) is 7.23. The second-order valence-electron chi connectivity index (χ2n) is 4.03. The predicted octanol–water partition coefficient (Wildman–Crippen LogP) is 2.62. The van der Waals surface area contributed by atoms with Crippen molar-refractivity contribution in [2.24, 2.45) is 5.73 Å². The van der Waals surface area contributed by atoms with Crippen molar-refractivity contribution in [1.29, 1.82) is 0 Å². The molecule has 0 aliphatic heterocycles. The third-order valence-corrected chi connectivity index (χ3v) is 2.99. The van der Waals surface area contributed by atoms with Gasteiger partial charge in [-0.3, -0.25) is 0 Å². The van der Waals surface area contributed by atoms with Crippen molar-refractivity contribution in [2.45, 2.75) is 31.2 Å². The van der Waals surface area contributed by atoms with E-state index < -0.39 is 5.54 Å². The van der Waals surface area contributed by atoms with Crippen molar-refractivity contribution in [2.75, 3.05) is 6.26 Å². The van der Waals surface area contributed by atoms with Crippen LogP contribution in [0.3, 0.4) is 0 Å². The number of phenols is 1. The Morgan fingerprint density at radius 3 is 2.36 bits per heavy atom. The van der Waals surface area contributed by atoms with Crippen molar-refractivity contribution in [3.05, 3.63) is 23.3 Å². The molecule has 0 amide bonds. The Bertz CT molecular complexity index is 342. The summed E-state index contributed by atoms with van der Waals surface area (Å²) in [6.07, 6.45) is 1.99. The van der Waals surface area contributed by atoms with Gasteiger partial charge in [-0.05, 0) is 38.7 Å². The maximum atomic E-state index is 9.95. The molecule has 0 spiro atoms. The molecule has 3 N–H and O–H groups in total. The number of nitrogens with two attached hydrogens (primary N) is 1. The summed E-state index contributed by atoms with van der Waals surface area (Å²) in [5, 5.41) is 9.95. The van der Waals surface area contributed by atoms with Gasteiger partial charge in [-0.25, -0.2) is 0 Å². The topological polar surface area (TPSA) is 46.2 Å². The quantitative estimate of drug-likeness (QED) is 0.739. The minimum atomic E-state index is -0.506. The highest BCUT2D eigenvalue weighted by Gasteiger charge is 2.23. The van der Waals surface area contributed by atoms with Gasteiger partial charge in [-0.1, -0.05) is 6.07 Å². The fraction of sp³-hybridized carbons (Fsp3) is 0.455. The number of hydrogen-bond donors (Lipinski definition) is 2. The molecule has 14 heavy (non-hydrogen) atoms. The number of hydrogen-bond acceptors (Lipinski definition) is 3. The maximum Gasteiger partial charge on any atom is 0.124 e. The van der Waals surface area contributed by atoms with Gasteiger partial charge in [-0.2, -0.15) is 0 Å². The van der Waals surface area contributed by atoms with E-state index in [1.54, 1.807) is 11.8 Å². The highest BCUT2D eigenvalue weighted by Crippen LogP contribution is 2.37. The molecule has 0 saturated heterocycles. The highest BCUT2D eigenvalue weighted by atomic mass is 32.2. The summed E-state index contributed by atoms with van der Waals surface area (Å²) in [4.78, 5) is 1.04. The predicted molar refractivity (Wildman–Crippen MR) is 61.8 cm³/mol. The Kier molecular flexibility index (Phi) is 3.12. The van der Waals surface area contributed by atoms with Gasteiger partial charge in [0.25, 0.3) is 0 Å². The standard InChI is InChI=1S/C11H17NOS/c1-7-5-6-8(14-4)9(10(7)13)11(2,3)12/h5-6,13H,12H2,1-4H3. The van der Waals surface area contributed by atoms with E-state index >= 15 is 0 Å². The fourth-order valence-corrected chi connectivity index (χ4v) is 2.24. The van der Waals surface area contributed by atoms with Crippen LogP contribution in [0.1, 0.15) is 25.0 Å².